The largest absolute Gasteiger partial charge is 0.495 e. The van der Waals surface area contributed by atoms with E-state index in [-0.39, 0.29) is 23.6 Å². The number of nitrogens with one attached hydrogen (secondary N) is 2. The van der Waals surface area contributed by atoms with Crippen LogP contribution in [0, 0.1) is 0 Å². The van der Waals surface area contributed by atoms with Crippen molar-refractivity contribution in [2.75, 3.05) is 12.4 Å². The van der Waals surface area contributed by atoms with Crippen LogP contribution in [-0.4, -0.2) is 35.3 Å². The van der Waals surface area contributed by atoms with Gasteiger partial charge in [-0.3, -0.25) is 0 Å². The van der Waals surface area contributed by atoms with Crippen LogP contribution in [-0.2, 0) is 6.18 Å². The molecule has 3 rings (SSSR count). The molecule has 0 bridgehead atoms. The van der Waals surface area contributed by atoms with Gasteiger partial charge in [-0.2, -0.15) is 13.2 Å². The lowest BCUT2D eigenvalue weighted by Gasteiger charge is -2.29. The highest BCUT2D eigenvalue weighted by Crippen LogP contribution is 2.35. The minimum absolute atomic E-state index is 0.0397. The van der Waals surface area contributed by atoms with Crippen molar-refractivity contribution >= 4 is 11.7 Å². The van der Waals surface area contributed by atoms with Crippen molar-refractivity contribution in [3.8, 4) is 11.8 Å². The van der Waals surface area contributed by atoms with Crippen LogP contribution in [0.5, 0.6) is 11.8 Å². The minimum atomic E-state index is -4.51. The number of alkyl halides is 3. The quantitative estimate of drug-likeness (QED) is 0.778. The SMILES string of the molecule is COc1ccc(C(F)(F)F)cc1NC(=O)NC1CCC(Oc2ncccn2)CC1. The van der Waals surface area contributed by atoms with Crippen molar-refractivity contribution in [1.29, 1.82) is 0 Å². The number of urea groups is 1. The van der Waals surface area contributed by atoms with E-state index in [9.17, 15) is 18.0 Å². The maximum Gasteiger partial charge on any atom is 0.416 e. The summed E-state index contributed by atoms with van der Waals surface area (Å²) in [5, 5.41) is 5.23. The van der Waals surface area contributed by atoms with Crippen molar-refractivity contribution in [3.63, 3.8) is 0 Å². The number of carbonyl (C=O) groups excluding carboxylic acids is 1. The lowest BCUT2D eigenvalue weighted by Crippen LogP contribution is -2.41. The molecule has 1 heterocycles. The molecule has 1 aromatic carbocycles. The fourth-order valence-corrected chi connectivity index (χ4v) is 3.15. The number of hydrogen-bond acceptors (Lipinski definition) is 5. The highest BCUT2D eigenvalue weighted by molar-refractivity contribution is 5.91. The van der Waals surface area contributed by atoms with Gasteiger partial charge in [-0.25, -0.2) is 14.8 Å². The predicted octanol–water partition coefficient (Wildman–Crippen LogP) is 4.02. The first-order chi connectivity index (χ1) is 13.8. The Kier molecular flexibility index (Phi) is 6.40. The zero-order valence-electron chi connectivity index (χ0n) is 15.7. The predicted molar refractivity (Wildman–Crippen MR) is 98.9 cm³/mol. The molecule has 2 amide bonds. The Labute approximate surface area is 165 Å². The van der Waals surface area contributed by atoms with Crippen LogP contribution in [0.3, 0.4) is 0 Å². The number of methoxy groups -OCH3 is 1. The van der Waals surface area contributed by atoms with Crippen molar-refractivity contribution in [1.82, 2.24) is 15.3 Å². The molecule has 2 aromatic rings. The van der Waals surface area contributed by atoms with E-state index in [2.05, 4.69) is 20.6 Å². The molecule has 0 aliphatic heterocycles. The summed E-state index contributed by atoms with van der Waals surface area (Å²) in [6, 6.07) is 4.25. The Morgan fingerprint density at radius 1 is 1.14 bits per heavy atom. The van der Waals surface area contributed by atoms with Crippen LogP contribution < -0.4 is 20.1 Å². The Morgan fingerprint density at radius 2 is 1.83 bits per heavy atom. The first kappa shape index (κ1) is 20.7. The second-order valence-electron chi connectivity index (χ2n) is 6.63. The van der Waals surface area contributed by atoms with Gasteiger partial charge in [-0.05, 0) is 49.9 Å². The van der Waals surface area contributed by atoms with Gasteiger partial charge in [0.05, 0.1) is 18.4 Å². The summed E-state index contributed by atoms with van der Waals surface area (Å²) in [6.07, 6.45) is 1.40. The summed E-state index contributed by atoms with van der Waals surface area (Å²) in [5.74, 6) is 0.146. The van der Waals surface area contributed by atoms with E-state index < -0.39 is 17.8 Å². The Hall–Kier alpha value is -3.04. The maximum atomic E-state index is 12.9. The van der Waals surface area contributed by atoms with Gasteiger partial charge < -0.3 is 20.1 Å². The van der Waals surface area contributed by atoms with Crippen LogP contribution in [0.25, 0.3) is 0 Å². The highest BCUT2D eigenvalue weighted by atomic mass is 19.4. The second-order valence-corrected chi connectivity index (χ2v) is 6.63. The minimum Gasteiger partial charge on any atom is -0.495 e. The number of hydrogen-bond donors (Lipinski definition) is 2. The van der Waals surface area contributed by atoms with Crippen molar-refractivity contribution in [3.05, 3.63) is 42.2 Å². The molecule has 1 aromatic heterocycles. The second kappa shape index (κ2) is 8.97. The molecule has 0 radical (unpaired) electrons. The summed E-state index contributed by atoms with van der Waals surface area (Å²) in [7, 11) is 1.32. The Morgan fingerprint density at radius 3 is 2.45 bits per heavy atom. The van der Waals surface area contributed by atoms with Crippen LogP contribution in [0.2, 0.25) is 0 Å². The number of aromatic nitrogens is 2. The number of carbonyl (C=O) groups is 1. The standard InChI is InChI=1S/C19H21F3N4O3/c1-28-16-8-3-12(19(20,21)22)11-15(16)26-17(27)25-13-4-6-14(7-5-13)29-18-23-9-2-10-24-18/h2-3,8-11,13-14H,4-7H2,1H3,(H2,25,26,27). The van der Waals surface area contributed by atoms with Gasteiger partial charge in [0.25, 0.3) is 0 Å². The molecule has 1 aliphatic carbocycles. The van der Waals surface area contributed by atoms with E-state index in [4.69, 9.17) is 9.47 Å². The van der Waals surface area contributed by atoms with E-state index in [0.29, 0.717) is 31.7 Å². The summed E-state index contributed by atoms with van der Waals surface area (Å²) >= 11 is 0. The lowest BCUT2D eigenvalue weighted by atomic mass is 9.93. The fourth-order valence-electron chi connectivity index (χ4n) is 3.15. The van der Waals surface area contributed by atoms with Gasteiger partial charge in [0.15, 0.2) is 0 Å². The van der Waals surface area contributed by atoms with Crippen LogP contribution in [0.1, 0.15) is 31.2 Å². The first-order valence-corrected chi connectivity index (χ1v) is 9.11. The number of rotatable bonds is 5. The third kappa shape index (κ3) is 5.72. The highest BCUT2D eigenvalue weighted by Gasteiger charge is 2.31. The Balaban J connectivity index is 1.53. The van der Waals surface area contributed by atoms with E-state index in [1.165, 1.54) is 13.2 Å². The summed E-state index contributed by atoms with van der Waals surface area (Å²) < 4.78 is 49.5. The monoisotopic (exact) mass is 410 g/mol. The molecule has 0 unspecified atom stereocenters. The molecule has 156 valence electrons. The van der Waals surface area contributed by atoms with Crippen LogP contribution >= 0.6 is 0 Å². The smallest absolute Gasteiger partial charge is 0.416 e. The molecule has 2 N–H and O–H groups in total. The van der Waals surface area contributed by atoms with Gasteiger partial charge in [-0.1, -0.05) is 0 Å². The molecule has 29 heavy (non-hydrogen) atoms. The molecule has 7 nitrogen and oxygen atoms in total. The lowest BCUT2D eigenvalue weighted by molar-refractivity contribution is -0.137. The average Bonchev–Trinajstić information content (AvgIpc) is 2.69. The topological polar surface area (TPSA) is 85.4 Å². The third-order valence-corrected chi connectivity index (χ3v) is 4.60. The number of ether oxygens (including phenoxy) is 2. The molecular weight excluding hydrogens is 389 g/mol. The van der Waals surface area contributed by atoms with Gasteiger partial charge in [0, 0.05) is 18.4 Å². The number of anilines is 1. The fraction of sp³-hybridized carbons (Fsp3) is 0.421. The number of benzene rings is 1. The van der Waals surface area contributed by atoms with Gasteiger partial charge in [0.1, 0.15) is 11.9 Å². The van der Waals surface area contributed by atoms with Crippen molar-refractivity contribution in [2.24, 2.45) is 0 Å². The van der Waals surface area contributed by atoms with Crippen LogP contribution in [0.15, 0.2) is 36.7 Å². The van der Waals surface area contributed by atoms with Crippen molar-refractivity contribution in [2.45, 2.75) is 44.0 Å². The molecular formula is C19H21F3N4O3. The summed E-state index contributed by atoms with van der Waals surface area (Å²) in [4.78, 5) is 20.3. The molecule has 1 aliphatic rings. The molecule has 0 saturated heterocycles. The maximum absolute atomic E-state index is 12.9. The summed E-state index contributed by atoms with van der Waals surface area (Å²) in [6.45, 7) is 0. The molecule has 10 heteroatoms. The van der Waals surface area contributed by atoms with E-state index >= 15 is 0 Å². The van der Waals surface area contributed by atoms with E-state index in [0.717, 1.165) is 12.1 Å². The number of amides is 2. The van der Waals surface area contributed by atoms with E-state index in [1.807, 2.05) is 0 Å². The van der Waals surface area contributed by atoms with Gasteiger partial charge in [0.2, 0.25) is 0 Å². The normalized spacial score (nSPS) is 19.3. The van der Waals surface area contributed by atoms with Gasteiger partial charge in [-0.15, -0.1) is 0 Å². The van der Waals surface area contributed by atoms with E-state index in [1.54, 1.807) is 18.5 Å². The molecule has 1 saturated carbocycles. The average molecular weight is 410 g/mol. The molecule has 0 atom stereocenters. The van der Waals surface area contributed by atoms with Crippen LogP contribution in [0.4, 0.5) is 23.7 Å². The zero-order valence-corrected chi connectivity index (χ0v) is 15.7. The summed E-state index contributed by atoms with van der Waals surface area (Å²) in [5.41, 5.74) is -0.910. The van der Waals surface area contributed by atoms with Crippen molar-refractivity contribution < 1.29 is 27.4 Å². The van der Waals surface area contributed by atoms with Gasteiger partial charge >= 0.3 is 18.2 Å². The molecule has 0 spiro atoms. The Bertz CT molecular complexity index is 825. The zero-order chi connectivity index (χ0) is 20.9. The number of halogens is 3. The first-order valence-electron chi connectivity index (χ1n) is 9.11. The number of nitrogens with zero attached hydrogens (tertiary/aromatic N) is 2. The third-order valence-electron chi connectivity index (χ3n) is 4.60. The molecule has 1 fully saturated rings.